The van der Waals surface area contributed by atoms with Gasteiger partial charge in [0.25, 0.3) is 0 Å². The predicted molar refractivity (Wildman–Crippen MR) is 80.6 cm³/mol. The normalized spacial score (nSPS) is 12.4. The Morgan fingerprint density at radius 1 is 1.09 bits per heavy atom. The van der Waals surface area contributed by atoms with E-state index in [1.807, 2.05) is 42.3 Å². The molecule has 118 valence electrons. The zero-order valence-electron chi connectivity index (χ0n) is 12.4. The van der Waals surface area contributed by atoms with Gasteiger partial charge in [-0.3, -0.25) is 4.90 Å². The standard InChI is InChI=1S/C17H19F2NO2/c1-20(10-13-6-3-2-4-7-13)11-14(21)12-22-16-9-5-8-15(18)17(16)19/h2-9,14,21H,10-12H2,1H3. The van der Waals surface area contributed by atoms with Gasteiger partial charge in [0.05, 0.1) is 0 Å². The minimum absolute atomic E-state index is 0.0977. The second-order valence-corrected chi connectivity index (χ2v) is 5.20. The van der Waals surface area contributed by atoms with E-state index in [2.05, 4.69) is 0 Å². The molecule has 1 N–H and O–H groups in total. The lowest BCUT2D eigenvalue weighted by atomic mass is 10.2. The van der Waals surface area contributed by atoms with E-state index >= 15 is 0 Å². The van der Waals surface area contributed by atoms with Crippen LogP contribution in [0.5, 0.6) is 5.75 Å². The average molecular weight is 307 g/mol. The molecule has 0 aliphatic rings. The second kappa shape index (κ2) is 7.87. The van der Waals surface area contributed by atoms with Crippen LogP contribution in [0.15, 0.2) is 48.5 Å². The van der Waals surface area contributed by atoms with Gasteiger partial charge in [-0.25, -0.2) is 4.39 Å². The lowest BCUT2D eigenvalue weighted by molar-refractivity contribution is 0.0725. The Balaban J connectivity index is 1.80. The van der Waals surface area contributed by atoms with E-state index in [1.165, 1.54) is 12.1 Å². The molecule has 0 radical (unpaired) electrons. The fourth-order valence-electron chi connectivity index (χ4n) is 2.15. The SMILES string of the molecule is CN(Cc1ccccc1)CC(O)COc1cccc(F)c1F. The Morgan fingerprint density at radius 3 is 2.55 bits per heavy atom. The van der Waals surface area contributed by atoms with E-state index in [1.54, 1.807) is 0 Å². The second-order valence-electron chi connectivity index (χ2n) is 5.20. The number of likely N-dealkylation sites (N-methyl/N-ethyl adjacent to an activating group) is 1. The summed E-state index contributed by atoms with van der Waals surface area (Å²) < 4.78 is 31.6. The number of aliphatic hydroxyl groups excluding tert-OH is 1. The van der Waals surface area contributed by atoms with Gasteiger partial charge in [0.1, 0.15) is 12.7 Å². The summed E-state index contributed by atoms with van der Waals surface area (Å²) in [7, 11) is 1.87. The average Bonchev–Trinajstić information content (AvgIpc) is 2.49. The number of halogens is 2. The number of hydrogen-bond donors (Lipinski definition) is 1. The van der Waals surface area contributed by atoms with Gasteiger partial charge < -0.3 is 9.84 Å². The molecule has 2 aromatic carbocycles. The first kappa shape index (κ1) is 16.4. The Kier molecular flexibility index (Phi) is 5.86. The summed E-state index contributed by atoms with van der Waals surface area (Å²) in [5, 5.41) is 9.94. The largest absolute Gasteiger partial charge is 0.488 e. The van der Waals surface area contributed by atoms with Gasteiger partial charge in [0, 0.05) is 13.1 Å². The van der Waals surface area contributed by atoms with Gasteiger partial charge in [-0.2, -0.15) is 4.39 Å². The maximum Gasteiger partial charge on any atom is 0.200 e. The zero-order valence-corrected chi connectivity index (χ0v) is 12.4. The molecular formula is C17H19F2NO2. The summed E-state index contributed by atoms with van der Waals surface area (Å²) in [4.78, 5) is 1.94. The van der Waals surface area contributed by atoms with Crippen molar-refractivity contribution in [2.24, 2.45) is 0 Å². The van der Waals surface area contributed by atoms with Crippen molar-refractivity contribution in [1.82, 2.24) is 4.90 Å². The highest BCUT2D eigenvalue weighted by molar-refractivity contribution is 5.25. The van der Waals surface area contributed by atoms with Crippen LogP contribution in [0.2, 0.25) is 0 Å². The monoisotopic (exact) mass is 307 g/mol. The summed E-state index contributed by atoms with van der Waals surface area (Å²) in [6, 6.07) is 13.6. The van der Waals surface area contributed by atoms with E-state index in [9.17, 15) is 13.9 Å². The molecule has 0 spiro atoms. The highest BCUT2D eigenvalue weighted by atomic mass is 19.2. The lowest BCUT2D eigenvalue weighted by Gasteiger charge is -2.21. The molecule has 0 aliphatic heterocycles. The first-order valence-electron chi connectivity index (χ1n) is 7.03. The number of ether oxygens (including phenoxy) is 1. The van der Waals surface area contributed by atoms with Crippen LogP contribution in [0.3, 0.4) is 0 Å². The van der Waals surface area contributed by atoms with E-state index in [-0.39, 0.29) is 12.4 Å². The molecule has 2 rings (SSSR count). The fraction of sp³-hybridized carbons (Fsp3) is 0.294. The van der Waals surface area contributed by atoms with Crippen LogP contribution in [0.4, 0.5) is 8.78 Å². The maximum atomic E-state index is 13.4. The van der Waals surface area contributed by atoms with Crippen LogP contribution in [-0.2, 0) is 6.54 Å². The highest BCUT2D eigenvalue weighted by Crippen LogP contribution is 2.19. The van der Waals surface area contributed by atoms with Crippen molar-refractivity contribution in [3.05, 3.63) is 65.7 Å². The van der Waals surface area contributed by atoms with Gasteiger partial charge in [-0.15, -0.1) is 0 Å². The zero-order chi connectivity index (χ0) is 15.9. The molecule has 1 atom stereocenters. The summed E-state index contributed by atoms with van der Waals surface area (Å²) in [6.45, 7) is 0.956. The topological polar surface area (TPSA) is 32.7 Å². The molecule has 22 heavy (non-hydrogen) atoms. The van der Waals surface area contributed by atoms with Crippen molar-refractivity contribution in [3.8, 4) is 5.75 Å². The van der Waals surface area contributed by atoms with Gasteiger partial charge in [-0.05, 0) is 24.7 Å². The van der Waals surface area contributed by atoms with Crippen LogP contribution in [0.25, 0.3) is 0 Å². The molecule has 5 heteroatoms. The number of nitrogens with zero attached hydrogens (tertiary/aromatic N) is 1. The van der Waals surface area contributed by atoms with Crippen LogP contribution in [-0.4, -0.2) is 36.3 Å². The Bertz CT molecular complexity index is 592. The minimum Gasteiger partial charge on any atom is -0.488 e. The van der Waals surface area contributed by atoms with E-state index in [4.69, 9.17) is 4.74 Å². The van der Waals surface area contributed by atoms with Crippen molar-refractivity contribution < 1.29 is 18.6 Å². The van der Waals surface area contributed by atoms with E-state index in [0.29, 0.717) is 13.1 Å². The van der Waals surface area contributed by atoms with Crippen molar-refractivity contribution in [1.29, 1.82) is 0 Å². The number of benzene rings is 2. The molecule has 3 nitrogen and oxygen atoms in total. The predicted octanol–water partition coefficient (Wildman–Crippen LogP) is 2.84. The lowest BCUT2D eigenvalue weighted by Crippen LogP contribution is -2.32. The van der Waals surface area contributed by atoms with Crippen molar-refractivity contribution in [3.63, 3.8) is 0 Å². The van der Waals surface area contributed by atoms with Crippen molar-refractivity contribution in [2.75, 3.05) is 20.2 Å². The molecule has 0 fully saturated rings. The third-order valence-electron chi connectivity index (χ3n) is 3.17. The Hall–Kier alpha value is -1.98. The van der Waals surface area contributed by atoms with Crippen molar-refractivity contribution >= 4 is 0 Å². The fourth-order valence-corrected chi connectivity index (χ4v) is 2.15. The van der Waals surface area contributed by atoms with Gasteiger partial charge in [-0.1, -0.05) is 36.4 Å². The number of rotatable bonds is 7. The third-order valence-corrected chi connectivity index (χ3v) is 3.17. The molecule has 0 saturated carbocycles. The van der Waals surface area contributed by atoms with Crippen LogP contribution in [0.1, 0.15) is 5.56 Å². The molecule has 0 aromatic heterocycles. The van der Waals surface area contributed by atoms with Gasteiger partial charge >= 0.3 is 0 Å². The molecule has 0 amide bonds. The highest BCUT2D eigenvalue weighted by Gasteiger charge is 2.13. The molecular weight excluding hydrogens is 288 g/mol. The summed E-state index contributed by atoms with van der Waals surface area (Å²) >= 11 is 0. The number of aliphatic hydroxyl groups is 1. The molecule has 0 heterocycles. The molecule has 2 aromatic rings. The molecule has 1 unspecified atom stereocenters. The first-order valence-corrected chi connectivity index (χ1v) is 7.03. The van der Waals surface area contributed by atoms with Crippen LogP contribution < -0.4 is 4.74 Å². The van der Waals surface area contributed by atoms with Crippen LogP contribution >= 0.6 is 0 Å². The quantitative estimate of drug-likeness (QED) is 0.854. The maximum absolute atomic E-state index is 13.4. The minimum atomic E-state index is -1.03. The molecule has 0 bridgehead atoms. The van der Waals surface area contributed by atoms with E-state index < -0.39 is 17.7 Å². The Morgan fingerprint density at radius 2 is 1.82 bits per heavy atom. The van der Waals surface area contributed by atoms with Crippen LogP contribution in [0, 0.1) is 11.6 Å². The van der Waals surface area contributed by atoms with Gasteiger partial charge in [0.2, 0.25) is 5.82 Å². The smallest absolute Gasteiger partial charge is 0.200 e. The summed E-state index contributed by atoms with van der Waals surface area (Å²) in [6.07, 6.45) is -0.795. The number of hydrogen-bond acceptors (Lipinski definition) is 3. The summed E-state index contributed by atoms with van der Waals surface area (Å²) in [5.41, 5.74) is 1.13. The Labute approximate surface area is 128 Å². The molecule has 0 saturated heterocycles. The third kappa shape index (κ3) is 4.79. The summed E-state index contributed by atoms with van der Waals surface area (Å²) in [5.74, 6) is -2.19. The molecule has 0 aliphatic carbocycles. The van der Waals surface area contributed by atoms with E-state index in [0.717, 1.165) is 11.6 Å². The van der Waals surface area contributed by atoms with Gasteiger partial charge in [0.15, 0.2) is 11.6 Å². The van der Waals surface area contributed by atoms with Crippen molar-refractivity contribution in [2.45, 2.75) is 12.6 Å². The first-order chi connectivity index (χ1) is 10.6.